The third-order valence-electron chi connectivity index (χ3n) is 2.74. The maximum atomic E-state index is 11.4. The molecule has 1 aromatic heterocycles. The normalized spacial score (nSPS) is 12.1. The van der Waals surface area contributed by atoms with Crippen LogP contribution in [0.2, 0.25) is 0 Å². The highest BCUT2D eigenvalue weighted by molar-refractivity contribution is 5.70. The van der Waals surface area contributed by atoms with Crippen molar-refractivity contribution in [2.45, 2.75) is 19.4 Å². The van der Waals surface area contributed by atoms with Crippen molar-refractivity contribution >= 4 is 5.97 Å². The van der Waals surface area contributed by atoms with Gasteiger partial charge in [0.15, 0.2) is 0 Å². The third-order valence-corrected chi connectivity index (χ3v) is 2.74. The highest BCUT2D eigenvalue weighted by Gasteiger charge is 2.14. The summed E-state index contributed by atoms with van der Waals surface area (Å²) >= 11 is 0. The molecule has 0 bridgehead atoms. The quantitative estimate of drug-likeness (QED) is 0.831. The lowest BCUT2D eigenvalue weighted by Crippen LogP contribution is -2.16. The molecule has 1 heterocycles. The average Bonchev–Trinajstić information content (AvgIpc) is 2.89. The summed E-state index contributed by atoms with van der Waals surface area (Å²) in [5.74, 6) is -0.289. The predicted octanol–water partition coefficient (Wildman–Crippen LogP) is 1.83. The molecule has 0 spiro atoms. The molecule has 0 aliphatic heterocycles. The van der Waals surface area contributed by atoms with E-state index in [1.807, 2.05) is 36.5 Å². The summed E-state index contributed by atoms with van der Waals surface area (Å²) < 4.78 is 6.62. The summed E-state index contributed by atoms with van der Waals surface area (Å²) in [6.45, 7) is 2.14. The van der Waals surface area contributed by atoms with Gasteiger partial charge in [-0.2, -0.15) is 5.10 Å². The molecular formula is C14H17N3O2. The first-order valence-corrected chi connectivity index (χ1v) is 6.22. The van der Waals surface area contributed by atoms with Crippen LogP contribution in [-0.4, -0.2) is 22.4 Å². The second-order valence-corrected chi connectivity index (χ2v) is 4.17. The number of hydrogen-bond donors (Lipinski definition) is 1. The Kier molecular flexibility index (Phi) is 4.30. The van der Waals surface area contributed by atoms with Crippen LogP contribution >= 0.6 is 0 Å². The van der Waals surface area contributed by atoms with Gasteiger partial charge in [0.25, 0.3) is 0 Å². The fraction of sp³-hybridized carbons (Fsp3) is 0.286. The molecule has 1 unspecified atom stereocenters. The smallest absolute Gasteiger partial charge is 0.307 e. The first-order valence-electron chi connectivity index (χ1n) is 6.22. The van der Waals surface area contributed by atoms with Crippen LogP contribution in [0.5, 0.6) is 0 Å². The minimum Gasteiger partial charge on any atom is -0.466 e. The van der Waals surface area contributed by atoms with E-state index in [0.717, 1.165) is 11.3 Å². The van der Waals surface area contributed by atoms with E-state index in [-0.39, 0.29) is 12.4 Å². The molecule has 0 saturated heterocycles. The van der Waals surface area contributed by atoms with Crippen LogP contribution in [0, 0.1) is 0 Å². The molecule has 1 aromatic carbocycles. The second kappa shape index (κ2) is 6.15. The Morgan fingerprint density at radius 2 is 2.16 bits per heavy atom. The van der Waals surface area contributed by atoms with Crippen molar-refractivity contribution in [1.29, 1.82) is 0 Å². The predicted molar refractivity (Wildman–Crippen MR) is 71.7 cm³/mol. The van der Waals surface area contributed by atoms with Crippen LogP contribution in [-0.2, 0) is 9.53 Å². The minimum atomic E-state index is -0.392. The van der Waals surface area contributed by atoms with E-state index in [4.69, 9.17) is 10.5 Å². The van der Waals surface area contributed by atoms with Crippen molar-refractivity contribution in [1.82, 2.24) is 9.78 Å². The lowest BCUT2D eigenvalue weighted by atomic mass is 10.1. The number of esters is 1. The van der Waals surface area contributed by atoms with Crippen molar-refractivity contribution in [3.63, 3.8) is 0 Å². The number of aromatic nitrogens is 2. The summed E-state index contributed by atoms with van der Waals surface area (Å²) in [6, 6.07) is 9.34. The van der Waals surface area contributed by atoms with Crippen LogP contribution in [0.1, 0.15) is 24.9 Å². The molecule has 0 fully saturated rings. The van der Waals surface area contributed by atoms with Crippen LogP contribution in [0.4, 0.5) is 0 Å². The van der Waals surface area contributed by atoms with Crippen molar-refractivity contribution in [3.05, 3.63) is 48.3 Å². The van der Waals surface area contributed by atoms with Gasteiger partial charge in [-0.1, -0.05) is 18.2 Å². The first-order chi connectivity index (χ1) is 9.20. The molecule has 19 heavy (non-hydrogen) atoms. The highest BCUT2D eigenvalue weighted by atomic mass is 16.5. The van der Waals surface area contributed by atoms with Crippen molar-refractivity contribution < 1.29 is 9.53 Å². The molecule has 0 aliphatic rings. The van der Waals surface area contributed by atoms with Gasteiger partial charge < -0.3 is 10.5 Å². The monoisotopic (exact) mass is 259 g/mol. The lowest BCUT2D eigenvalue weighted by Gasteiger charge is -2.08. The van der Waals surface area contributed by atoms with Gasteiger partial charge in [-0.15, -0.1) is 0 Å². The summed E-state index contributed by atoms with van der Waals surface area (Å²) in [7, 11) is 0. The van der Waals surface area contributed by atoms with E-state index in [2.05, 4.69) is 5.10 Å². The molecule has 0 aliphatic carbocycles. The molecule has 5 nitrogen and oxygen atoms in total. The maximum Gasteiger partial charge on any atom is 0.307 e. The topological polar surface area (TPSA) is 70.1 Å². The Balaban J connectivity index is 2.07. The van der Waals surface area contributed by atoms with Crippen LogP contribution in [0.3, 0.4) is 0 Å². The average molecular weight is 259 g/mol. The molecule has 1 atom stereocenters. The zero-order chi connectivity index (χ0) is 13.7. The molecule has 2 N–H and O–H groups in total. The van der Waals surface area contributed by atoms with Gasteiger partial charge >= 0.3 is 5.97 Å². The Bertz CT molecular complexity index is 537. The summed E-state index contributed by atoms with van der Waals surface area (Å²) in [5.41, 5.74) is 7.74. The van der Waals surface area contributed by atoms with E-state index >= 15 is 0 Å². The van der Waals surface area contributed by atoms with Gasteiger partial charge in [-0.3, -0.25) is 4.79 Å². The third kappa shape index (κ3) is 3.42. The van der Waals surface area contributed by atoms with Crippen LogP contribution in [0.25, 0.3) is 5.69 Å². The fourth-order valence-corrected chi connectivity index (χ4v) is 1.77. The number of carbonyl (C=O) groups is 1. The summed E-state index contributed by atoms with van der Waals surface area (Å²) in [5, 5.41) is 4.25. The van der Waals surface area contributed by atoms with Crippen molar-refractivity contribution in [2.24, 2.45) is 5.73 Å². The lowest BCUT2D eigenvalue weighted by molar-refractivity contribution is -0.143. The van der Waals surface area contributed by atoms with Gasteiger partial charge in [0.05, 0.1) is 24.9 Å². The SMILES string of the molecule is CCOC(=O)CC(N)c1cnn(-c2ccccc2)c1. The molecule has 0 radical (unpaired) electrons. The van der Waals surface area contributed by atoms with E-state index in [1.54, 1.807) is 17.8 Å². The van der Waals surface area contributed by atoms with Gasteiger partial charge in [-0.25, -0.2) is 4.68 Å². The van der Waals surface area contributed by atoms with Crippen molar-refractivity contribution in [3.8, 4) is 5.69 Å². The Morgan fingerprint density at radius 1 is 1.42 bits per heavy atom. The second-order valence-electron chi connectivity index (χ2n) is 4.17. The molecule has 0 amide bonds. The van der Waals surface area contributed by atoms with Gasteiger partial charge in [-0.05, 0) is 19.1 Å². The van der Waals surface area contributed by atoms with E-state index < -0.39 is 6.04 Å². The molecular weight excluding hydrogens is 242 g/mol. The van der Waals surface area contributed by atoms with E-state index in [9.17, 15) is 4.79 Å². The van der Waals surface area contributed by atoms with Gasteiger partial charge in [0.1, 0.15) is 0 Å². The molecule has 5 heteroatoms. The molecule has 2 aromatic rings. The summed E-state index contributed by atoms with van der Waals surface area (Å²) in [6.07, 6.45) is 3.67. The maximum absolute atomic E-state index is 11.4. The van der Waals surface area contributed by atoms with E-state index in [1.165, 1.54) is 0 Å². The molecule has 2 rings (SSSR count). The first kappa shape index (κ1) is 13.3. The molecule has 0 saturated carbocycles. The van der Waals surface area contributed by atoms with Crippen LogP contribution in [0.15, 0.2) is 42.7 Å². The largest absolute Gasteiger partial charge is 0.466 e. The van der Waals surface area contributed by atoms with E-state index in [0.29, 0.717) is 6.61 Å². The molecule has 100 valence electrons. The fourth-order valence-electron chi connectivity index (χ4n) is 1.77. The van der Waals surface area contributed by atoms with Crippen LogP contribution < -0.4 is 5.73 Å². The Hall–Kier alpha value is -2.14. The Morgan fingerprint density at radius 3 is 2.84 bits per heavy atom. The minimum absolute atomic E-state index is 0.161. The zero-order valence-corrected chi connectivity index (χ0v) is 10.8. The van der Waals surface area contributed by atoms with Crippen molar-refractivity contribution in [2.75, 3.05) is 6.61 Å². The highest BCUT2D eigenvalue weighted by Crippen LogP contribution is 2.16. The van der Waals surface area contributed by atoms with Gasteiger partial charge in [0.2, 0.25) is 0 Å². The number of nitrogens with zero attached hydrogens (tertiary/aromatic N) is 2. The summed E-state index contributed by atoms with van der Waals surface area (Å²) in [4.78, 5) is 11.4. The number of benzene rings is 1. The number of ether oxygens (including phenoxy) is 1. The standard InChI is InChI=1S/C14H17N3O2/c1-2-19-14(18)8-13(15)11-9-16-17(10-11)12-6-4-3-5-7-12/h3-7,9-10,13H,2,8,15H2,1H3. The number of hydrogen-bond acceptors (Lipinski definition) is 4. The number of nitrogens with two attached hydrogens (primary N) is 1. The van der Waals surface area contributed by atoms with Gasteiger partial charge in [0, 0.05) is 17.8 Å². The zero-order valence-electron chi connectivity index (χ0n) is 10.8. The number of carbonyl (C=O) groups excluding carboxylic acids is 1. The number of rotatable bonds is 5. The number of para-hydroxylation sites is 1. The Labute approximate surface area is 112 Å².